The predicted octanol–water partition coefficient (Wildman–Crippen LogP) is 0.925. The molecule has 1 unspecified atom stereocenters. The van der Waals surface area contributed by atoms with E-state index in [9.17, 15) is 21.6 Å². The smallest absolute Gasteiger partial charge is 0.337 e. The van der Waals surface area contributed by atoms with Gasteiger partial charge in [-0.05, 0) is 24.1 Å². The first-order chi connectivity index (χ1) is 10.0. The first kappa shape index (κ1) is 18.6. The van der Waals surface area contributed by atoms with E-state index in [1.807, 2.05) is 0 Å². The summed E-state index contributed by atoms with van der Waals surface area (Å²) in [4.78, 5) is 11.4. The summed E-state index contributed by atoms with van der Waals surface area (Å²) in [5.74, 6) is -0.741. The fourth-order valence-corrected chi connectivity index (χ4v) is 3.03. The van der Waals surface area contributed by atoms with Gasteiger partial charge in [0.25, 0.3) is 10.1 Å². The van der Waals surface area contributed by atoms with E-state index in [0.717, 1.165) is 12.5 Å². The van der Waals surface area contributed by atoms with E-state index >= 15 is 0 Å². The summed E-state index contributed by atoms with van der Waals surface area (Å²) < 4.78 is 54.6. The SMILES string of the molecule is COC(=O)c1ccc(C(CCS(C)(=O)=O)OS(C)(=O)=O)cc1. The van der Waals surface area contributed by atoms with Crippen molar-refractivity contribution in [3.8, 4) is 0 Å². The molecule has 22 heavy (non-hydrogen) atoms. The molecule has 1 rings (SSSR count). The molecule has 0 aliphatic carbocycles. The largest absolute Gasteiger partial charge is 0.465 e. The highest BCUT2D eigenvalue weighted by Gasteiger charge is 2.20. The second-order valence-electron chi connectivity index (χ2n) is 4.82. The first-order valence-corrected chi connectivity index (χ1v) is 10.1. The summed E-state index contributed by atoms with van der Waals surface area (Å²) in [5, 5.41) is 0. The van der Waals surface area contributed by atoms with Crippen LogP contribution in [0.5, 0.6) is 0 Å². The molecule has 0 radical (unpaired) electrons. The van der Waals surface area contributed by atoms with Crippen molar-refractivity contribution in [2.24, 2.45) is 0 Å². The Kier molecular flexibility index (Phi) is 6.09. The average Bonchev–Trinajstić information content (AvgIpc) is 2.40. The number of hydrogen-bond acceptors (Lipinski definition) is 7. The third kappa shape index (κ3) is 6.54. The monoisotopic (exact) mass is 350 g/mol. The lowest BCUT2D eigenvalue weighted by atomic mass is 10.1. The number of hydrogen-bond donors (Lipinski definition) is 0. The molecule has 0 saturated carbocycles. The third-order valence-corrected chi connectivity index (χ3v) is 4.30. The van der Waals surface area contributed by atoms with Crippen LogP contribution in [0, 0.1) is 0 Å². The van der Waals surface area contributed by atoms with Gasteiger partial charge in [-0.2, -0.15) is 8.42 Å². The Morgan fingerprint density at radius 2 is 1.64 bits per heavy atom. The van der Waals surface area contributed by atoms with E-state index in [1.165, 1.54) is 31.4 Å². The van der Waals surface area contributed by atoms with Gasteiger partial charge in [-0.1, -0.05) is 12.1 Å². The molecule has 0 bridgehead atoms. The van der Waals surface area contributed by atoms with Gasteiger partial charge in [0.15, 0.2) is 0 Å². The summed E-state index contributed by atoms with van der Waals surface area (Å²) in [6.45, 7) is 0. The molecule has 1 aromatic rings. The Bertz CT molecular complexity index is 718. The van der Waals surface area contributed by atoms with Crippen LogP contribution in [0.3, 0.4) is 0 Å². The fraction of sp³-hybridized carbons (Fsp3) is 0.462. The number of rotatable bonds is 7. The first-order valence-electron chi connectivity index (χ1n) is 6.26. The summed E-state index contributed by atoms with van der Waals surface area (Å²) in [6, 6.07) is 5.93. The van der Waals surface area contributed by atoms with Crippen LogP contribution in [-0.4, -0.2) is 48.2 Å². The quantitative estimate of drug-likeness (QED) is 0.532. The van der Waals surface area contributed by atoms with Crippen LogP contribution in [-0.2, 0) is 28.9 Å². The number of ether oxygens (including phenoxy) is 1. The molecule has 1 atom stereocenters. The van der Waals surface area contributed by atoms with Crippen molar-refractivity contribution in [1.29, 1.82) is 0 Å². The molecule has 124 valence electrons. The minimum absolute atomic E-state index is 0.0104. The van der Waals surface area contributed by atoms with Crippen molar-refractivity contribution < 1.29 is 30.6 Å². The lowest BCUT2D eigenvalue weighted by Gasteiger charge is -2.16. The Balaban J connectivity index is 3.02. The van der Waals surface area contributed by atoms with Crippen LogP contribution in [0.4, 0.5) is 0 Å². The van der Waals surface area contributed by atoms with Gasteiger partial charge in [-0.3, -0.25) is 4.18 Å². The van der Waals surface area contributed by atoms with E-state index in [0.29, 0.717) is 11.1 Å². The maximum atomic E-state index is 11.4. The van der Waals surface area contributed by atoms with Crippen LogP contribution in [0.25, 0.3) is 0 Å². The minimum Gasteiger partial charge on any atom is -0.465 e. The maximum Gasteiger partial charge on any atom is 0.337 e. The van der Waals surface area contributed by atoms with Gasteiger partial charge in [0.05, 0.1) is 24.7 Å². The minimum atomic E-state index is -3.76. The van der Waals surface area contributed by atoms with E-state index < -0.39 is 32.0 Å². The fourth-order valence-electron chi connectivity index (χ4n) is 1.75. The Hall–Kier alpha value is -1.45. The van der Waals surface area contributed by atoms with Crippen LogP contribution < -0.4 is 0 Å². The van der Waals surface area contributed by atoms with Gasteiger partial charge in [0.1, 0.15) is 15.9 Å². The highest BCUT2D eigenvalue weighted by atomic mass is 32.2. The summed E-state index contributed by atoms with van der Waals surface area (Å²) >= 11 is 0. The second kappa shape index (κ2) is 7.21. The van der Waals surface area contributed by atoms with Crippen molar-refractivity contribution in [3.05, 3.63) is 35.4 Å². The highest BCUT2D eigenvalue weighted by molar-refractivity contribution is 7.90. The highest BCUT2D eigenvalue weighted by Crippen LogP contribution is 2.24. The Morgan fingerprint density at radius 3 is 2.05 bits per heavy atom. The number of sulfone groups is 1. The molecule has 0 fully saturated rings. The van der Waals surface area contributed by atoms with Crippen molar-refractivity contribution in [3.63, 3.8) is 0 Å². The summed E-state index contributed by atoms with van der Waals surface area (Å²) in [6.07, 6.45) is 1.01. The molecule has 7 nitrogen and oxygen atoms in total. The molecule has 0 aromatic heterocycles. The van der Waals surface area contributed by atoms with E-state index in [-0.39, 0.29) is 12.2 Å². The molecule has 1 aromatic carbocycles. The van der Waals surface area contributed by atoms with Crippen LogP contribution >= 0.6 is 0 Å². The Labute approximate surface area is 130 Å². The molecule has 0 saturated heterocycles. The molecule has 0 heterocycles. The molecular weight excluding hydrogens is 332 g/mol. The van der Waals surface area contributed by atoms with E-state index in [1.54, 1.807) is 0 Å². The zero-order valence-corrected chi connectivity index (χ0v) is 14.1. The topological polar surface area (TPSA) is 104 Å². The predicted molar refractivity (Wildman–Crippen MR) is 80.8 cm³/mol. The van der Waals surface area contributed by atoms with Gasteiger partial charge in [-0.15, -0.1) is 0 Å². The van der Waals surface area contributed by atoms with Crippen molar-refractivity contribution >= 4 is 25.9 Å². The molecule has 0 amide bonds. The number of methoxy groups -OCH3 is 1. The Morgan fingerprint density at radius 1 is 1.09 bits per heavy atom. The van der Waals surface area contributed by atoms with Gasteiger partial charge in [0, 0.05) is 6.26 Å². The lowest BCUT2D eigenvalue weighted by molar-refractivity contribution is 0.0600. The molecule has 9 heteroatoms. The normalized spacial score (nSPS) is 13.6. The molecule has 0 aliphatic rings. The standard InChI is InChI=1S/C13H18O7S2/c1-19-13(14)11-6-4-10(5-7-11)12(20-22(3,17)18)8-9-21(2,15)16/h4-7,12H,8-9H2,1-3H3. The van der Waals surface area contributed by atoms with Gasteiger partial charge in [-0.25, -0.2) is 13.2 Å². The van der Waals surface area contributed by atoms with Gasteiger partial charge >= 0.3 is 5.97 Å². The van der Waals surface area contributed by atoms with Crippen molar-refractivity contribution in [2.75, 3.05) is 25.4 Å². The van der Waals surface area contributed by atoms with E-state index in [4.69, 9.17) is 4.18 Å². The van der Waals surface area contributed by atoms with Crippen molar-refractivity contribution in [1.82, 2.24) is 0 Å². The molecule has 0 aliphatic heterocycles. The zero-order chi connectivity index (χ0) is 17.0. The van der Waals surface area contributed by atoms with Crippen LogP contribution in [0.1, 0.15) is 28.4 Å². The molecule has 0 spiro atoms. The summed E-state index contributed by atoms with van der Waals surface area (Å²) in [5.41, 5.74) is 0.759. The molecule has 0 N–H and O–H groups in total. The average molecular weight is 350 g/mol. The van der Waals surface area contributed by atoms with Crippen LogP contribution in [0.15, 0.2) is 24.3 Å². The van der Waals surface area contributed by atoms with Crippen LogP contribution in [0.2, 0.25) is 0 Å². The van der Waals surface area contributed by atoms with Gasteiger partial charge in [0.2, 0.25) is 0 Å². The second-order valence-corrected chi connectivity index (χ2v) is 8.68. The number of benzene rings is 1. The number of carbonyl (C=O) groups is 1. The van der Waals surface area contributed by atoms with Crippen molar-refractivity contribution in [2.45, 2.75) is 12.5 Å². The molecular formula is C13H18O7S2. The number of esters is 1. The summed E-state index contributed by atoms with van der Waals surface area (Å²) in [7, 11) is -5.77. The number of carbonyl (C=O) groups excluding carboxylic acids is 1. The maximum absolute atomic E-state index is 11.4. The zero-order valence-electron chi connectivity index (χ0n) is 12.5. The lowest BCUT2D eigenvalue weighted by Crippen LogP contribution is -2.15. The van der Waals surface area contributed by atoms with Gasteiger partial charge < -0.3 is 4.74 Å². The van der Waals surface area contributed by atoms with E-state index in [2.05, 4.69) is 4.74 Å². The third-order valence-electron chi connectivity index (χ3n) is 2.75.